The molecule has 0 radical (unpaired) electrons. The second kappa shape index (κ2) is 17.6. The van der Waals surface area contributed by atoms with E-state index in [9.17, 15) is 4.79 Å². The summed E-state index contributed by atoms with van der Waals surface area (Å²) < 4.78 is 0. The first-order valence-corrected chi connectivity index (χ1v) is 11.8. The quantitative estimate of drug-likeness (QED) is 0.206. The largest absolute Gasteiger partial charge is 0.343 e. The fourth-order valence-corrected chi connectivity index (χ4v) is 3.83. The third-order valence-electron chi connectivity index (χ3n) is 5.61. The van der Waals surface area contributed by atoms with Crippen molar-refractivity contribution >= 4 is 5.91 Å². The van der Waals surface area contributed by atoms with Crippen LogP contribution in [0.3, 0.4) is 0 Å². The van der Waals surface area contributed by atoms with Crippen molar-refractivity contribution in [2.75, 3.05) is 13.1 Å². The van der Waals surface area contributed by atoms with Crippen LogP contribution in [-0.4, -0.2) is 23.9 Å². The highest BCUT2D eigenvalue weighted by Crippen LogP contribution is 2.13. The number of amides is 1. The molecule has 0 unspecified atom stereocenters. The van der Waals surface area contributed by atoms with Crippen LogP contribution in [0.4, 0.5) is 0 Å². The van der Waals surface area contributed by atoms with Crippen LogP contribution < -0.4 is 0 Å². The van der Waals surface area contributed by atoms with Crippen LogP contribution in [0.5, 0.6) is 0 Å². The molecule has 0 spiro atoms. The van der Waals surface area contributed by atoms with Gasteiger partial charge in [-0.3, -0.25) is 4.79 Å². The molecule has 1 saturated heterocycles. The van der Waals surface area contributed by atoms with Gasteiger partial charge in [0.15, 0.2) is 0 Å². The summed E-state index contributed by atoms with van der Waals surface area (Å²) in [6.07, 6.45) is 27.9. The van der Waals surface area contributed by atoms with Crippen molar-refractivity contribution in [2.24, 2.45) is 0 Å². The van der Waals surface area contributed by atoms with E-state index in [0.717, 1.165) is 25.9 Å². The van der Waals surface area contributed by atoms with Crippen molar-refractivity contribution < 1.29 is 4.79 Å². The van der Waals surface area contributed by atoms with Crippen molar-refractivity contribution in [1.29, 1.82) is 0 Å². The molecule has 1 heterocycles. The molecule has 1 fully saturated rings. The van der Waals surface area contributed by atoms with Gasteiger partial charge >= 0.3 is 0 Å². The molecule has 0 aromatic heterocycles. The van der Waals surface area contributed by atoms with E-state index in [1.807, 2.05) is 0 Å². The Morgan fingerprint density at radius 2 is 1.31 bits per heavy atom. The summed E-state index contributed by atoms with van der Waals surface area (Å²) in [5, 5.41) is 0. The average Bonchev–Trinajstić information content (AvgIpc) is 2.85. The molecule has 1 amide bonds. The van der Waals surface area contributed by atoms with E-state index >= 15 is 0 Å². The van der Waals surface area contributed by atoms with E-state index in [1.54, 1.807) is 0 Å². The van der Waals surface area contributed by atoms with Gasteiger partial charge in [-0.05, 0) is 44.9 Å². The van der Waals surface area contributed by atoms with Gasteiger partial charge in [0.1, 0.15) is 0 Å². The predicted molar refractivity (Wildman–Crippen MR) is 115 cm³/mol. The van der Waals surface area contributed by atoms with Crippen LogP contribution in [0.25, 0.3) is 0 Å². The van der Waals surface area contributed by atoms with Crippen molar-refractivity contribution in [2.45, 2.75) is 122 Å². The Bertz CT molecular complexity index is 350. The Hall–Kier alpha value is -0.790. The minimum Gasteiger partial charge on any atom is -0.343 e. The fourth-order valence-electron chi connectivity index (χ4n) is 3.83. The fraction of sp³-hybridized carbons (Fsp3) is 0.875. The minimum atomic E-state index is 0.398. The van der Waals surface area contributed by atoms with Gasteiger partial charge in [-0.15, -0.1) is 0 Å². The van der Waals surface area contributed by atoms with Gasteiger partial charge in [0, 0.05) is 19.5 Å². The molecule has 1 rings (SSSR count). The maximum atomic E-state index is 11.9. The molecule has 1 aliphatic rings. The van der Waals surface area contributed by atoms with Gasteiger partial charge in [0.25, 0.3) is 0 Å². The number of hydrogen-bond donors (Lipinski definition) is 0. The lowest BCUT2D eigenvalue weighted by molar-refractivity contribution is -0.130. The van der Waals surface area contributed by atoms with Crippen molar-refractivity contribution in [1.82, 2.24) is 4.90 Å². The van der Waals surface area contributed by atoms with Crippen LogP contribution >= 0.6 is 0 Å². The zero-order valence-electron chi connectivity index (χ0n) is 17.7. The third-order valence-corrected chi connectivity index (χ3v) is 5.61. The number of carbonyl (C=O) groups is 1. The monoisotopic (exact) mass is 363 g/mol. The van der Waals surface area contributed by atoms with E-state index in [4.69, 9.17) is 0 Å². The topological polar surface area (TPSA) is 20.3 Å². The summed E-state index contributed by atoms with van der Waals surface area (Å²) in [4.78, 5) is 14.0. The molecule has 0 aromatic carbocycles. The predicted octanol–water partition coefficient (Wildman–Crippen LogP) is 7.43. The zero-order chi connectivity index (χ0) is 18.7. The molecule has 0 aliphatic carbocycles. The van der Waals surface area contributed by atoms with Crippen LogP contribution in [-0.2, 0) is 4.79 Å². The molecule has 0 saturated carbocycles. The summed E-state index contributed by atoms with van der Waals surface area (Å²) in [6.45, 7) is 4.28. The third kappa shape index (κ3) is 13.4. The zero-order valence-corrected chi connectivity index (χ0v) is 17.7. The summed E-state index contributed by atoms with van der Waals surface area (Å²) in [5.41, 5.74) is 0. The Kier molecular flexibility index (Phi) is 15.8. The Morgan fingerprint density at radius 3 is 1.96 bits per heavy atom. The standard InChI is InChI=1S/C24H45NO/c1-2-3-4-5-6-7-8-9-10-11-12-13-14-15-16-19-22-25-23-20-17-18-21-24(25)26/h9-10H,2-8,11-23H2,1H3. The molecule has 152 valence electrons. The maximum Gasteiger partial charge on any atom is 0.222 e. The number of likely N-dealkylation sites (tertiary alicyclic amines) is 1. The second-order valence-corrected chi connectivity index (χ2v) is 8.13. The van der Waals surface area contributed by atoms with E-state index in [2.05, 4.69) is 24.0 Å². The highest BCUT2D eigenvalue weighted by atomic mass is 16.2. The van der Waals surface area contributed by atoms with Crippen LogP contribution in [0.1, 0.15) is 122 Å². The lowest BCUT2D eigenvalue weighted by Gasteiger charge is -2.20. The summed E-state index contributed by atoms with van der Waals surface area (Å²) >= 11 is 0. The SMILES string of the molecule is CCCCCCCCC=CCCCCCCCCN1CCCCCC1=O. The molecular formula is C24H45NO. The molecule has 2 heteroatoms. The Balaban J connectivity index is 1.80. The molecule has 1 aliphatic heterocycles. The van der Waals surface area contributed by atoms with E-state index in [-0.39, 0.29) is 0 Å². The number of carbonyl (C=O) groups excluding carboxylic acids is 1. The normalized spacial score (nSPS) is 15.7. The average molecular weight is 364 g/mol. The lowest BCUT2D eigenvalue weighted by atomic mass is 10.1. The second-order valence-electron chi connectivity index (χ2n) is 8.13. The highest BCUT2D eigenvalue weighted by Gasteiger charge is 2.15. The summed E-state index contributed by atoms with van der Waals surface area (Å²) in [6, 6.07) is 0. The number of nitrogens with zero attached hydrogens (tertiary/aromatic N) is 1. The van der Waals surface area contributed by atoms with Crippen molar-refractivity contribution in [3.05, 3.63) is 12.2 Å². The smallest absolute Gasteiger partial charge is 0.222 e. The molecule has 0 bridgehead atoms. The first-order valence-electron chi connectivity index (χ1n) is 11.8. The van der Waals surface area contributed by atoms with Gasteiger partial charge in [0.2, 0.25) is 5.91 Å². The first kappa shape index (κ1) is 23.2. The molecule has 2 nitrogen and oxygen atoms in total. The van der Waals surface area contributed by atoms with Crippen molar-refractivity contribution in [3.63, 3.8) is 0 Å². The first-order chi connectivity index (χ1) is 12.8. The van der Waals surface area contributed by atoms with Gasteiger partial charge in [-0.25, -0.2) is 0 Å². The van der Waals surface area contributed by atoms with Crippen LogP contribution in [0.2, 0.25) is 0 Å². The van der Waals surface area contributed by atoms with E-state index in [0.29, 0.717) is 5.91 Å². The number of allylic oxidation sites excluding steroid dienone is 2. The Morgan fingerprint density at radius 1 is 0.731 bits per heavy atom. The maximum absolute atomic E-state index is 11.9. The number of rotatable bonds is 16. The van der Waals surface area contributed by atoms with Crippen LogP contribution in [0.15, 0.2) is 12.2 Å². The Labute approximate surface area is 163 Å². The summed E-state index contributed by atoms with van der Waals surface area (Å²) in [7, 11) is 0. The molecule has 0 N–H and O–H groups in total. The molecule has 0 aromatic rings. The van der Waals surface area contributed by atoms with Crippen LogP contribution in [0, 0.1) is 0 Å². The van der Waals surface area contributed by atoms with Gasteiger partial charge in [-0.2, -0.15) is 0 Å². The molecule has 26 heavy (non-hydrogen) atoms. The lowest BCUT2D eigenvalue weighted by Crippen LogP contribution is -2.31. The van der Waals surface area contributed by atoms with E-state index in [1.165, 1.54) is 103 Å². The van der Waals surface area contributed by atoms with Gasteiger partial charge in [-0.1, -0.05) is 83.3 Å². The van der Waals surface area contributed by atoms with Gasteiger partial charge < -0.3 is 4.90 Å². The highest BCUT2D eigenvalue weighted by molar-refractivity contribution is 5.76. The number of hydrogen-bond acceptors (Lipinski definition) is 1. The minimum absolute atomic E-state index is 0.398. The molecular weight excluding hydrogens is 318 g/mol. The van der Waals surface area contributed by atoms with Gasteiger partial charge in [0.05, 0.1) is 0 Å². The van der Waals surface area contributed by atoms with E-state index < -0.39 is 0 Å². The number of unbranched alkanes of at least 4 members (excludes halogenated alkanes) is 12. The summed E-state index contributed by atoms with van der Waals surface area (Å²) in [5.74, 6) is 0.398. The molecule has 0 atom stereocenters. The van der Waals surface area contributed by atoms with Crippen molar-refractivity contribution in [3.8, 4) is 0 Å².